The van der Waals surface area contributed by atoms with Crippen LogP contribution in [0.3, 0.4) is 0 Å². The molecule has 1 unspecified atom stereocenters. The highest BCUT2D eigenvalue weighted by molar-refractivity contribution is 9.10. The molecular weight excluding hydrogens is 466 g/mol. The Morgan fingerprint density at radius 3 is 2.45 bits per heavy atom. The highest BCUT2D eigenvalue weighted by Gasteiger charge is 2.39. The van der Waals surface area contributed by atoms with Crippen LogP contribution in [0.5, 0.6) is 0 Å². The molecule has 4 rings (SSSR count). The SMILES string of the molecule is C[SiH](C)OC(c1c(Br)cccc1-n1ccc2ccc(C3(C)CC3)cc2c1=O)C(C)(C)C. The molecule has 3 aromatic rings. The highest BCUT2D eigenvalue weighted by atomic mass is 79.9. The van der Waals surface area contributed by atoms with Gasteiger partial charge < -0.3 is 4.43 Å². The number of nitrogens with zero attached hydrogens (tertiary/aromatic N) is 1. The zero-order chi connectivity index (χ0) is 22.6. The quantitative estimate of drug-likeness (QED) is 0.359. The van der Waals surface area contributed by atoms with Gasteiger partial charge in [0.15, 0.2) is 9.04 Å². The van der Waals surface area contributed by atoms with E-state index < -0.39 is 9.04 Å². The number of pyridine rings is 1. The Balaban J connectivity index is 1.93. The van der Waals surface area contributed by atoms with Gasteiger partial charge in [0.25, 0.3) is 5.56 Å². The minimum atomic E-state index is -1.31. The van der Waals surface area contributed by atoms with Crippen molar-refractivity contribution in [3.05, 3.63) is 74.6 Å². The summed E-state index contributed by atoms with van der Waals surface area (Å²) in [6.45, 7) is 13.3. The average Bonchev–Trinajstić information content (AvgIpc) is 3.44. The van der Waals surface area contributed by atoms with Gasteiger partial charge in [0.05, 0.1) is 11.8 Å². The summed E-state index contributed by atoms with van der Waals surface area (Å²) in [5, 5.41) is 1.77. The topological polar surface area (TPSA) is 31.2 Å². The van der Waals surface area contributed by atoms with E-state index in [0.29, 0.717) is 0 Å². The van der Waals surface area contributed by atoms with E-state index in [9.17, 15) is 4.79 Å². The van der Waals surface area contributed by atoms with Crippen LogP contribution in [0.2, 0.25) is 13.1 Å². The fourth-order valence-corrected chi connectivity index (χ4v) is 5.91. The molecule has 5 heteroatoms. The van der Waals surface area contributed by atoms with Gasteiger partial charge in [0, 0.05) is 21.6 Å². The van der Waals surface area contributed by atoms with E-state index in [-0.39, 0.29) is 22.5 Å². The Labute approximate surface area is 195 Å². The molecule has 1 saturated carbocycles. The molecular formula is C26H32BrNO2Si. The van der Waals surface area contributed by atoms with Gasteiger partial charge in [-0.05, 0) is 72.0 Å². The molecule has 1 heterocycles. The van der Waals surface area contributed by atoms with Crippen molar-refractivity contribution in [2.24, 2.45) is 5.41 Å². The molecule has 0 bridgehead atoms. The van der Waals surface area contributed by atoms with Gasteiger partial charge in [-0.25, -0.2) is 0 Å². The maximum absolute atomic E-state index is 13.7. The Morgan fingerprint density at radius 1 is 1.13 bits per heavy atom. The molecule has 0 saturated heterocycles. The molecule has 0 aliphatic heterocycles. The molecule has 3 nitrogen and oxygen atoms in total. The maximum atomic E-state index is 13.7. The fraction of sp³-hybridized carbons (Fsp3) is 0.423. The zero-order valence-electron chi connectivity index (χ0n) is 19.3. The zero-order valence-corrected chi connectivity index (χ0v) is 22.1. The molecule has 31 heavy (non-hydrogen) atoms. The highest BCUT2D eigenvalue weighted by Crippen LogP contribution is 2.48. The van der Waals surface area contributed by atoms with Crippen molar-refractivity contribution in [2.75, 3.05) is 0 Å². The maximum Gasteiger partial charge on any atom is 0.262 e. The third-order valence-corrected chi connectivity index (χ3v) is 7.86. The lowest BCUT2D eigenvalue weighted by Gasteiger charge is -2.35. The number of fused-ring (bicyclic) bond motifs is 1. The molecule has 1 fully saturated rings. The molecule has 0 amide bonds. The summed E-state index contributed by atoms with van der Waals surface area (Å²) in [7, 11) is -1.31. The summed E-state index contributed by atoms with van der Waals surface area (Å²) in [6, 6.07) is 14.5. The number of benzene rings is 2. The van der Waals surface area contributed by atoms with E-state index in [0.717, 1.165) is 26.5 Å². The van der Waals surface area contributed by atoms with E-state index >= 15 is 0 Å². The second-order valence-electron chi connectivity index (χ2n) is 10.5. The van der Waals surface area contributed by atoms with E-state index in [4.69, 9.17) is 4.43 Å². The van der Waals surface area contributed by atoms with Crippen molar-refractivity contribution in [1.29, 1.82) is 0 Å². The monoisotopic (exact) mass is 497 g/mol. The fourth-order valence-electron chi connectivity index (χ4n) is 4.25. The number of rotatable bonds is 5. The molecule has 2 aromatic carbocycles. The van der Waals surface area contributed by atoms with Crippen LogP contribution in [-0.2, 0) is 9.84 Å². The lowest BCUT2D eigenvalue weighted by Crippen LogP contribution is -2.29. The molecule has 0 spiro atoms. The summed E-state index contributed by atoms with van der Waals surface area (Å²) in [6.07, 6.45) is 4.18. The molecule has 1 atom stereocenters. The van der Waals surface area contributed by atoms with Crippen molar-refractivity contribution in [3.63, 3.8) is 0 Å². The van der Waals surface area contributed by atoms with Gasteiger partial charge in [0.1, 0.15) is 0 Å². The first-order valence-electron chi connectivity index (χ1n) is 11.1. The number of halogens is 1. The van der Waals surface area contributed by atoms with E-state index in [1.54, 1.807) is 4.57 Å². The van der Waals surface area contributed by atoms with Gasteiger partial charge in [-0.3, -0.25) is 9.36 Å². The van der Waals surface area contributed by atoms with Gasteiger partial charge in [-0.15, -0.1) is 0 Å². The molecule has 1 aliphatic carbocycles. The van der Waals surface area contributed by atoms with Crippen LogP contribution in [0, 0.1) is 5.41 Å². The minimum absolute atomic E-state index is 0.0254. The lowest BCUT2D eigenvalue weighted by atomic mass is 9.84. The van der Waals surface area contributed by atoms with Gasteiger partial charge in [-0.1, -0.05) is 61.8 Å². The first-order valence-corrected chi connectivity index (χ1v) is 14.7. The summed E-state index contributed by atoms with van der Waals surface area (Å²) in [5.74, 6) is 0. The van der Waals surface area contributed by atoms with E-state index in [2.05, 4.69) is 74.9 Å². The molecule has 1 aromatic heterocycles. The average molecular weight is 499 g/mol. The summed E-state index contributed by atoms with van der Waals surface area (Å²) in [4.78, 5) is 13.7. The molecule has 1 aliphatic rings. The predicted molar refractivity (Wildman–Crippen MR) is 136 cm³/mol. The van der Waals surface area contributed by atoms with Crippen LogP contribution in [0.1, 0.15) is 57.8 Å². The van der Waals surface area contributed by atoms with Crippen molar-refractivity contribution in [3.8, 4) is 5.69 Å². The summed E-state index contributed by atoms with van der Waals surface area (Å²) < 4.78 is 9.31. The predicted octanol–water partition coefficient (Wildman–Crippen LogP) is 6.89. The number of hydrogen-bond donors (Lipinski definition) is 0. The number of aromatic nitrogens is 1. The lowest BCUT2D eigenvalue weighted by molar-refractivity contribution is 0.0859. The Bertz CT molecular complexity index is 1190. The summed E-state index contributed by atoms with van der Waals surface area (Å²) >= 11 is 3.77. The van der Waals surface area contributed by atoms with E-state index in [1.807, 2.05) is 30.5 Å². The van der Waals surface area contributed by atoms with Crippen LogP contribution in [0.25, 0.3) is 16.5 Å². The smallest absolute Gasteiger partial charge is 0.262 e. The second kappa shape index (κ2) is 8.02. The van der Waals surface area contributed by atoms with Crippen molar-refractivity contribution < 1.29 is 4.43 Å². The van der Waals surface area contributed by atoms with Crippen molar-refractivity contribution in [1.82, 2.24) is 4.57 Å². The first kappa shape index (κ1) is 22.5. The Kier molecular flexibility index (Phi) is 5.82. The normalized spacial score (nSPS) is 16.6. The molecule has 164 valence electrons. The van der Waals surface area contributed by atoms with Crippen LogP contribution in [0.15, 0.2) is 57.9 Å². The first-order chi connectivity index (χ1) is 14.5. The standard InChI is InChI=1S/C26H32BrNO2Si/c1-25(2,3)23(30-31(5)6)22-20(27)8-7-9-21(22)28-15-12-17-10-11-18(26(4)13-14-26)16-19(17)24(28)29/h7-12,15-16,23,31H,13-14H2,1-6H3. The molecule has 0 N–H and O–H groups in total. The summed E-state index contributed by atoms with van der Waals surface area (Å²) in [5.41, 5.74) is 3.35. The van der Waals surface area contributed by atoms with E-state index in [1.165, 1.54) is 18.4 Å². The second-order valence-corrected chi connectivity index (χ2v) is 13.7. The Hall–Kier alpha value is -1.69. The van der Waals surface area contributed by atoms with Crippen molar-refractivity contribution >= 4 is 35.7 Å². The number of hydrogen-bond acceptors (Lipinski definition) is 2. The van der Waals surface area contributed by atoms with Gasteiger partial charge >= 0.3 is 0 Å². The Morgan fingerprint density at radius 2 is 1.84 bits per heavy atom. The molecule has 0 radical (unpaired) electrons. The van der Waals surface area contributed by atoms with Gasteiger partial charge in [0.2, 0.25) is 0 Å². The van der Waals surface area contributed by atoms with Crippen LogP contribution in [-0.4, -0.2) is 13.6 Å². The largest absolute Gasteiger partial charge is 0.413 e. The van der Waals surface area contributed by atoms with Gasteiger partial charge in [-0.2, -0.15) is 0 Å². The van der Waals surface area contributed by atoms with Crippen LogP contribution < -0.4 is 5.56 Å². The third-order valence-electron chi connectivity index (χ3n) is 6.35. The van der Waals surface area contributed by atoms with Crippen LogP contribution in [0.4, 0.5) is 0 Å². The third kappa shape index (κ3) is 4.32. The minimum Gasteiger partial charge on any atom is -0.413 e. The van der Waals surface area contributed by atoms with Crippen molar-refractivity contribution in [2.45, 2.75) is 65.1 Å². The van der Waals surface area contributed by atoms with Crippen LogP contribution >= 0.6 is 15.9 Å².